The van der Waals surface area contributed by atoms with E-state index in [-0.39, 0.29) is 0 Å². The second kappa shape index (κ2) is 3.55. The topological polar surface area (TPSA) is 56.7 Å². The third-order valence-electron chi connectivity index (χ3n) is 1.77. The van der Waals surface area contributed by atoms with Gasteiger partial charge in [-0.15, -0.1) is 0 Å². The molecule has 0 aliphatic heterocycles. The van der Waals surface area contributed by atoms with Gasteiger partial charge < -0.3 is 5.73 Å². The van der Waals surface area contributed by atoms with E-state index < -0.39 is 0 Å². The molecule has 0 radical (unpaired) electrons. The lowest BCUT2D eigenvalue weighted by atomic mass is 10.3. The van der Waals surface area contributed by atoms with E-state index in [9.17, 15) is 0 Å². The van der Waals surface area contributed by atoms with Crippen molar-refractivity contribution in [3.63, 3.8) is 0 Å². The Labute approximate surface area is 86.4 Å². The lowest BCUT2D eigenvalue weighted by Crippen LogP contribution is -2.10. The van der Waals surface area contributed by atoms with E-state index in [2.05, 4.69) is 10.1 Å². The van der Waals surface area contributed by atoms with E-state index in [1.165, 1.54) is 0 Å². The second-order valence-corrected chi connectivity index (χ2v) is 3.16. The number of hydrogen-bond donors (Lipinski definition) is 1. The number of nitrogens with zero attached hydrogens (tertiary/aromatic N) is 3. The first kappa shape index (κ1) is 8.83. The molecule has 0 saturated carbocycles. The minimum Gasteiger partial charge on any atom is -0.389 e. The van der Waals surface area contributed by atoms with Crippen molar-refractivity contribution in [1.29, 1.82) is 0 Å². The van der Waals surface area contributed by atoms with Gasteiger partial charge in [-0.05, 0) is 18.2 Å². The molecule has 5 heteroatoms. The number of rotatable bonds is 2. The van der Waals surface area contributed by atoms with Crippen LogP contribution in [0.25, 0.3) is 5.82 Å². The SMILES string of the molecule is NC(=S)c1ccc(-n2cccn2)nc1. The molecule has 2 rings (SSSR count). The molecule has 0 aliphatic rings. The number of pyridine rings is 1. The summed E-state index contributed by atoms with van der Waals surface area (Å²) in [5, 5.41) is 4.05. The molecule has 4 nitrogen and oxygen atoms in total. The lowest BCUT2D eigenvalue weighted by Gasteiger charge is -2.01. The first-order valence-electron chi connectivity index (χ1n) is 4.03. The van der Waals surface area contributed by atoms with Crippen LogP contribution in [0.3, 0.4) is 0 Å². The molecule has 0 unspecified atom stereocenters. The zero-order valence-corrected chi connectivity index (χ0v) is 8.11. The zero-order valence-electron chi connectivity index (χ0n) is 7.29. The molecule has 0 bridgehead atoms. The highest BCUT2D eigenvalue weighted by Gasteiger charge is 1.99. The largest absolute Gasteiger partial charge is 0.389 e. The van der Waals surface area contributed by atoms with E-state index >= 15 is 0 Å². The normalized spacial score (nSPS) is 10.0. The van der Waals surface area contributed by atoms with Crippen molar-refractivity contribution in [3.05, 3.63) is 42.4 Å². The minimum absolute atomic E-state index is 0.351. The maximum absolute atomic E-state index is 5.45. The van der Waals surface area contributed by atoms with Gasteiger partial charge in [0, 0.05) is 24.2 Å². The van der Waals surface area contributed by atoms with Gasteiger partial charge in [-0.1, -0.05) is 12.2 Å². The van der Waals surface area contributed by atoms with Crippen molar-refractivity contribution >= 4 is 17.2 Å². The Kier molecular flexibility index (Phi) is 2.24. The van der Waals surface area contributed by atoms with Gasteiger partial charge >= 0.3 is 0 Å². The van der Waals surface area contributed by atoms with Gasteiger partial charge in [-0.2, -0.15) is 5.10 Å². The van der Waals surface area contributed by atoms with Gasteiger partial charge in [0.1, 0.15) is 4.99 Å². The van der Waals surface area contributed by atoms with E-state index in [0.29, 0.717) is 4.99 Å². The number of nitrogens with two attached hydrogens (primary N) is 1. The Morgan fingerprint density at radius 1 is 1.43 bits per heavy atom. The molecule has 0 spiro atoms. The molecule has 0 aliphatic carbocycles. The quantitative estimate of drug-likeness (QED) is 0.738. The van der Waals surface area contributed by atoms with Gasteiger partial charge in [0.15, 0.2) is 5.82 Å². The Hall–Kier alpha value is -1.75. The Morgan fingerprint density at radius 2 is 2.29 bits per heavy atom. The maximum Gasteiger partial charge on any atom is 0.153 e. The van der Waals surface area contributed by atoms with Crippen molar-refractivity contribution < 1.29 is 0 Å². The molecule has 0 fully saturated rings. The highest BCUT2D eigenvalue weighted by Crippen LogP contribution is 2.04. The maximum atomic E-state index is 5.45. The van der Waals surface area contributed by atoms with Crippen molar-refractivity contribution in [2.24, 2.45) is 5.73 Å². The van der Waals surface area contributed by atoms with Crippen LogP contribution in [0, 0.1) is 0 Å². The molecule has 0 atom stereocenters. The summed E-state index contributed by atoms with van der Waals surface area (Å²) in [6.07, 6.45) is 5.16. The summed E-state index contributed by atoms with van der Waals surface area (Å²) in [4.78, 5) is 4.53. The van der Waals surface area contributed by atoms with Gasteiger partial charge in [0.2, 0.25) is 0 Å². The van der Waals surface area contributed by atoms with E-state index in [1.807, 2.05) is 24.4 Å². The molecular weight excluding hydrogens is 196 g/mol. The highest BCUT2D eigenvalue weighted by molar-refractivity contribution is 7.80. The van der Waals surface area contributed by atoms with Crippen molar-refractivity contribution in [2.45, 2.75) is 0 Å². The molecule has 0 amide bonds. The molecule has 2 aromatic rings. The molecule has 0 aromatic carbocycles. The Morgan fingerprint density at radius 3 is 2.79 bits per heavy atom. The average Bonchev–Trinajstić information content (AvgIpc) is 2.71. The monoisotopic (exact) mass is 204 g/mol. The van der Waals surface area contributed by atoms with Gasteiger partial charge in [0.05, 0.1) is 0 Å². The summed E-state index contributed by atoms with van der Waals surface area (Å²) >= 11 is 4.82. The van der Waals surface area contributed by atoms with Crippen LogP contribution in [0.15, 0.2) is 36.8 Å². The van der Waals surface area contributed by atoms with Crippen molar-refractivity contribution in [3.8, 4) is 5.82 Å². The predicted molar refractivity (Wildman–Crippen MR) is 57.2 cm³/mol. The van der Waals surface area contributed by atoms with Gasteiger partial charge in [-0.25, -0.2) is 9.67 Å². The van der Waals surface area contributed by atoms with Crippen LogP contribution in [0.4, 0.5) is 0 Å². The third-order valence-corrected chi connectivity index (χ3v) is 2.01. The van der Waals surface area contributed by atoms with Crippen LogP contribution < -0.4 is 5.73 Å². The molecule has 70 valence electrons. The van der Waals surface area contributed by atoms with Crippen LogP contribution in [-0.4, -0.2) is 19.8 Å². The first-order chi connectivity index (χ1) is 6.77. The summed E-state index contributed by atoms with van der Waals surface area (Å²) in [6.45, 7) is 0. The first-order valence-corrected chi connectivity index (χ1v) is 4.44. The molecular formula is C9H8N4S. The third kappa shape index (κ3) is 1.62. The van der Waals surface area contributed by atoms with Gasteiger partial charge in [-0.3, -0.25) is 0 Å². The van der Waals surface area contributed by atoms with Crippen LogP contribution in [0.1, 0.15) is 5.56 Å². The van der Waals surface area contributed by atoms with Crippen LogP contribution >= 0.6 is 12.2 Å². The van der Waals surface area contributed by atoms with E-state index in [0.717, 1.165) is 11.4 Å². The zero-order chi connectivity index (χ0) is 9.97. The molecule has 2 N–H and O–H groups in total. The van der Waals surface area contributed by atoms with E-state index in [4.69, 9.17) is 18.0 Å². The second-order valence-electron chi connectivity index (χ2n) is 2.72. The van der Waals surface area contributed by atoms with Crippen molar-refractivity contribution in [1.82, 2.24) is 14.8 Å². The van der Waals surface area contributed by atoms with Gasteiger partial charge in [0.25, 0.3) is 0 Å². The summed E-state index contributed by atoms with van der Waals surface area (Å²) in [6, 6.07) is 5.48. The minimum atomic E-state index is 0.351. The Balaban J connectivity index is 2.36. The summed E-state index contributed by atoms with van der Waals surface area (Å²) in [5.41, 5.74) is 6.21. The summed E-state index contributed by atoms with van der Waals surface area (Å²) in [7, 11) is 0. The fourth-order valence-corrected chi connectivity index (χ4v) is 1.19. The number of aromatic nitrogens is 3. The van der Waals surface area contributed by atoms with Crippen LogP contribution in [-0.2, 0) is 0 Å². The Bertz CT molecular complexity index is 432. The average molecular weight is 204 g/mol. The summed E-state index contributed by atoms with van der Waals surface area (Å²) < 4.78 is 1.67. The predicted octanol–water partition coefficient (Wildman–Crippen LogP) is 0.901. The summed E-state index contributed by atoms with van der Waals surface area (Å²) in [5.74, 6) is 0.745. The highest BCUT2D eigenvalue weighted by atomic mass is 32.1. The fraction of sp³-hybridized carbons (Fsp3) is 0. The molecule has 0 saturated heterocycles. The fourth-order valence-electron chi connectivity index (χ4n) is 1.07. The molecule has 14 heavy (non-hydrogen) atoms. The smallest absolute Gasteiger partial charge is 0.153 e. The van der Waals surface area contributed by atoms with Crippen LogP contribution in [0.5, 0.6) is 0 Å². The van der Waals surface area contributed by atoms with E-state index in [1.54, 1.807) is 17.1 Å². The van der Waals surface area contributed by atoms with Crippen molar-refractivity contribution in [2.75, 3.05) is 0 Å². The van der Waals surface area contributed by atoms with Crippen LogP contribution in [0.2, 0.25) is 0 Å². The lowest BCUT2D eigenvalue weighted by molar-refractivity contribution is 0.846. The standard InChI is InChI=1S/C9H8N4S/c10-9(14)7-2-3-8(11-6-7)13-5-1-4-12-13/h1-6H,(H2,10,14). The number of thiocarbonyl (C=S) groups is 1. The number of hydrogen-bond acceptors (Lipinski definition) is 3. The molecule has 2 aromatic heterocycles. The molecule has 2 heterocycles.